The third-order valence-corrected chi connectivity index (χ3v) is 5.20. The second-order valence-electron chi connectivity index (χ2n) is 7.34. The fraction of sp³-hybridized carbons (Fsp3) is 0.450. The van der Waals surface area contributed by atoms with Crippen molar-refractivity contribution in [2.75, 3.05) is 6.61 Å². The summed E-state index contributed by atoms with van der Waals surface area (Å²) in [5.74, 6) is -6.56. The topological polar surface area (TPSA) is 119 Å². The highest BCUT2D eigenvalue weighted by atomic mass is 32.1. The number of carbonyl (C=O) groups is 3. The summed E-state index contributed by atoms with van der Waals surface area (Å²) in [6.07, 6.45) is -2.19. The van der Waals surface area contributed by atoms with Gasteiger partial charge in [-0.1, -0.05) is 5.21 Å². The molecule has 0 radical (unpaired) electrons. The molecular weight excluding hydrogens is 483 g/mol. The van der Waals surface area contributed by atoms with Gasteiger partial charge in [-0.2, -0.15) is 0 Å². The molecule has 5 atom stereocenters. The van der Waals surface area contributed by atoms with E-state index >= 15 is 0 Å². The molecule has 2 heterocycles. The minimum atomic E-state index is -1.64. The van der Waals surface area contributed by atoms with E-state index < -0.39 is 65.1 Å². The van der Waals surface area contributed by atoms with Gasteiger partial charge in [0.1, 0.15) is 29.9 Å². The van der Waals surface area contributed by atoms with Crippen LogP contribution in [0.25, 0.3) is 11.3 Å². The van der Waals surface area contributed by atoms with Crippen molar-refractivity contribution in [1.82, 2.24) is 15.0 Å². The standard InChI is InChI=1S/C20H20F3N3O7S/c1-8(27)30-7-15-18(31-9(2)28)17(19(20(34)33-15)32-10(3)29)26-6-14(24-25-26)11-4-12(21)16(23)13(22)5-11/h4-6,15,17-20,34H,7H2,1-3H3/t15?,17?,18-,19?,20-/m0/s1. The van der Waals surface area contributed by atoms with Crippen LogP contribution >= 0.6 is 12.6 Å². The Morgan fingerprint density at radius 3 is 2.18 bits per heavy atom. The highest BCUT2D eigenvalue weighted by Gasteiger charge is 2.50. The van der Waals surface area contributed by atoms with Crippen LogP contribution in [-0.4, -0.2) is 63.3 Å². The summed E-state index contributed by atoms with van der Waals surface area (Å²) in [4.78, 5) is 34.9. The first-order valence-electron chi connectivity index (χ1n) is 9.86. The Balaban J connectivity index is 2.05. The SMILES string of the molecule is CC(=O)OCC1O[C@@H](S)C(OC(C)=O)C(n2cc(-c3cc(F)c(F)c(F)c3)nn2)[C@H]1OC(C)=O. The van der Waals surface area contributed by atoms with Crippen LogP contribution in [0.4, 0.5) is 13.2 Å². The molecule has 0 saturated carbocycles. The predicted molar refractivity (Wildman–Crippen MR) is 110 cm³/mol. The largest absolute Gasteiger partial charge is 0.463 e. The fourth-order valence-electron chi connectivity index (χ4n) is 3.46. The zero-order valence-corrected chi connectivity index (χ0v) is 19.0. The lowest BCUT2D eigenvalue weighted by atomic mass is 9.96. The molecule has 1 aliphatic heterocycles. The maximum Gasteiger partial charge on any atom is 0.303 e. The predicted octanol–water partition coefficient (Wildman–Crippen LogP) is 1.98. The lowest BCUT2D eigenvalue weighted by Crippen LogP contribution is -2.57. The van der Waals surface area contributed by atoms with Crippen LogP contribution in [0.3, 0.4) is 0 Å². The molecule has 3 rings (SSSR count). The molecule has 1 saturated heterocycles. The number of hydrogen-bond acceptors (Lipinski definition) is 10. The van der Waals surface area contributed by atoms with Crippen molar-refractivity contribution in [3.63, 3.8) is 0 Å². The van der Waals surface area contributed by atoms with E-state index in [9.17, 15) is 27.6 Å². The summed E-state index contributed by atoms with van der Waals surface area (Å²) in [6, 6.07) is 0.366. The average Bonchev–Trinajstić information content (AvgIpc) is 3.22. The molecule has 1 fully saturated rings. The zero-order chi connectivity index (χ0) is 25.2. The number of hydrogen-bond donors (Lipinski definition) is 1. The van der Waals surface area contributed by atoms with Gasteiger partial charge in [-0.25, -0.2) is 17.9 Å². The van der Waals surface area contributed by atoms with Crippen molar-refractivity contribution >= 4 is 30.5 Å². The summed E-state index contributed by atoms with van der Waals surface area (Å²) in [5, 5.41) is 7.78. The van der Waals surface area contributed by atoms with Crippen LogP contribution in [0, 0.1) is 17.5 Å². The van der Waals surface area contributed by atoms with Crippen LogP contribution in [0.15, 0.2) is 18.3 Å². The number of carbonyl (C=O) groups excluding carboxylic acids is 3. The van der Waals surface area contributed by atoms with Gasteiger partial charge in [0, 0.05) is 26.3 Å². The summed E-state index contributed by atoms with van der Waals surface area (Å²) < 4.78 is 63.3. The minimum absolute atomic E-state index is 0.0558. The maximum absolute atomic E-state index is 13.7. The van der Waals surface area contributed by atoms with E-state index in [1.807, 2.05) is 0 Å². The Morgan fingerprint density at radius 2 is 1.62 bits per heavy atom. The quantitative estimate of drug-likeness (QED) is 0.273. The van der Waals surface area contributed by atoms with Gasteiger partial charge >= 0.3 is 17.9 Å². The summed E-state index contributed by atoms with van der Waals surface area (Å²) in [7, 11) is 0. The molecule has 10 nitrogen and oxygen atoms in total. The van der Waals surface area contributed by atoms with Crippen LogP contribution in [0.5, 0.6) is 0 Å². The van der Waals surface area contributed by atoms with E-state index in [4.69, 9.17) is 18.9 Å². The Kier molecular flexibility index (Phi) is 7.82. The molecule has 0 bridgehead atoms. The molecule has 3 unspecified atom stereocenters. The van der Waals surface area contributed by atoms with Crippen molar-refractivity contribution in [2.24, 2.45) is 0 Å². The number of rotatable bonds is 6. The van der Waals surface area contributed by atoms with E-state index in [1.54, 1.807) is 0 Å². The molecule has 34 heavy (non-hydrogen) atoms. The Morgan fingerprint density at radius 1 is 1.03 bits per heavy atom. The number of aromatic nitrogens is 3. The third-order valence-electron chi connectivity index (χ3n) is 4.79. The van der Waals surface area contributed by atoms with Gasteiger partial charge in [0.15, 0.2) is 29.7 Å². The van der Waals surface area contributed by atoms with Crippen molar-refractivity contribution in [1.29, 1.82) is 0 Å². The van der Waals surface area contributed by atoms with Crippen LogP contribution in [0.2, 0.25) is 0 Å². The van der Waals surface area contributed by atoms with Crippen LogP contribution < -0.4 is 0 Å². The number of ether oxygens (including phenoxy) is 4. The lowest BCUT2D eigenvalue weighted by molar-refractivity contribution is -0.211. The third kappa shape index (κ3) is 5.67. The molecule has 0 amide bonds. The lowest BCUT2D eigenvalue weighted by Gasteiger charge is -2.43. The number of nitrogens with zero attached hydrogens (tertiary/aromatic N) is 3. The van der Waals surface area contributed by atoms with E-state index in [2.05, 4.69) is 22.9 Å². The zero-order valence-electron chi connectivity index (χ0n) is 18.1. The minimum Gasteiger partial charge on any atom is -0.463 e. The first kappa shape index (κ1) is 25.5. The summed E-state index contributed by atoms with van der Waals surface area (Å²) in [5.41, 5.74) is -1.25. The van der Waals surface area contributed by atoms with Crippen molar-refractivity contribution in [2.45, 2.75) is 50.6 Å². The second-order valence-corrected chi connectivity index (χ2v) is 7.85. The molecule has 0 spiro atoms. The van der Waals surface area contributed by atoms with Crippen molar-refractivity contribution < 1.29 is 46.5 Å². The smallest absolute Gasteiger partial charge is 0.303 e. The molecule has 184 valence electrons. The average molecular weight is 503 g/mol. The van der Waals surface area contributed by atoms with E-state index in [-0.39, 0.29) is 17.9 Å². The van der Waals surface area contributed by atoms with Crippen molar-refractivity contribution in [3.8, 4) is 11.3 Å². The number of benzene rings is 1. The van der Waals surface area contributed by atoms with Gasteiger partial charge in [-0.3, -0.25) is 14.4 Å². The monoisotopic (exact) mass is 503 g/mol. The fourth-order valence-corrected chi connectivity index (χ4v) is 3.85. The Bertz CT molecular complexity index is 1080. The van der Waals surface area contributed by atoms with Gasteiger partial charge in [0.25, 0.3) is 0 Å². The number of thiol groups is 1. The highest BCUT2D eigenvalue weighted by Crippen LogP contribution is 2.36. The molecule has 1 aromatic heterocycles. The normalized spacial score (nSPS) is 24.4. The molecule has 1 aromatic carbocycles. The van der Waals surface area contributed by atoms with Gasteiger partial charge in [0.2, 0.25) is 0 Å². The van der Waals surface area contributed by atoms with Gasteiger partial charge < -0.3 is 18.9 Å². The highest BCUT2D eigenvalue weighted by molar-refractivity contribution is 7.80. The number of halogens is 3. The first-order chi connectivity index (χ1) is 16.0. The van der Waals surface area contributed by atoms with Crippen molar-refractivity contribution in [3.05, 3.63) is 35.8 Å². The Labute approximate surface area is 196 Å². The number of esters is 3. The summed E-state index contributed by atoms with van der Waals surface area (Å²) >= 11 is 4.31. The first-order valence-corrected chi connectivity index (χ1v) is 10.4. The summed E-state index contributed by atoms with van der Waals surface area (Å²) in [6.45, 7) is 3.11. The second kappa shape index (κ2) is 10.4. The van der Waals surface area contributed by atoms with Gasteiger partial charge in [-0.05, 0) is 12.1 Å². The van der Waals surface area contributed by atoms with E-state index in [0.29, 0.717) is 0 Å². The molecule has 0 aliphatic carbocycles. The van der Waals surface area contributed by atoms with Gasteiger partial charge in [-0.15, -0.1) is 17.7 Å². The van der Waals surface area contributed by atoms with Crippen LogP contribution in [0.1, 0.15) is 26.8 Å². The molecular formula is C20H20F3N3O7S. The van der Waals surface area contributed by atoms with Gasteiger partial charge in [0.05, 0.1) is 6.20 Å². The van der Waals surface area contributed by atoms with E-state index in [1.165, 1.54) is 13.1 Å². The molecule has 2 aromatic rings. The van der Waals surface area contributed by atoms with Crippen LogP contribution in [-0.2, 0) is 33.3 Å². The molecule has 1 aliphatic rings. The Hall–Kier alpha value is -3.13. The molecule has 14 heteroatoms. The maximum atomic E-state index is 13.7. The van der Waals surface area contributed by atoms with E-state index in [0.717, 1.165) is 30.7 Å². The molecule has 0 N–H and O–H groups in total.